The zero-order valence-electron chi connectivity index (χ0n) is 11.5. The van der Waals surface area contributed by atoms with Crippen molar-refractivity contribution >= 4 is 5.82 Å². The molecule has 0 unspecified atom stereocenters. The lowest BCUT2D eigenvalue weighted by molar-refractivity contribution is 0.281. The van der Waals surface area contributed by atoms with E-state index in [-0.39, 0.29) is 6.61 Å². The summed E-state index contributed by atoms with van der Waals surface area (Å²) in [6, 6.07) is 7.71. The third kappa shape index (κ3) is 3.58. The summed E-state index contributed by atoms with van der Waals surface area (Å²) in [5.74, 6) is 1.77. The number of hydrogen-bond donors (Lipinski definition) is 1. The summed E-state index contributed by atoms with van der Waals surface area (Å²) in [6.07, 6.45) is 3.64. The summed E-state index contributed by atoms with van der Waals surface area (Å²) in [7, 11) is 1.97. The van der Waals surface area contributed by atoms with Gasteiger partial charge in [-0.25, -0.2) is 4.98 Å². The molecule has 2 heterocycles. The molecule has 0 aliphatic rings. The smallest absolute Gasteiger partial charge is 0.129 e. The van der Waals surface area contributed by atoms with E-state index in [0.717, 1.165) is 35.7 Å². The van der Waals surface area contributed by atoms with E-state index in [0.29, 0.717) is 6.54 Å². The molecule has 0 bridgehead atoms. The van der Waals surface area contributed by atoms with Crippen LogP contribution in [0.15, 0.2) is 34.9 Å². The van der Waals surface area contributed by atoms with Gasteiger partial charge in [0.15, 0.2) is 0 Å². The lowest BCUT2D eigenvalue weighted by atomic mass is 10.1. The number of aliphatic hydroxyl groups is 1. The number of aromatic nitrogens is 1. The molecule has 0 spiro atoms. The van der Waals surface area contributed by atoms with E-state index in [4.69, 9.17) is 4.42 Å². The minimum Gasteiger partial charge on any atom is -0.467 e. The van der Waals surface area contributed by atoms with Crippen molar-refractivity contribution < 1.29 is 9.52 Å². The molecular formula is C15H20N2O2. The summed E-state index contributed by atoms with van der Waals surface area (Å²) >= 11 is 0. The predicted octanol–water partition coefficient (Wildman–Crippen LogP) is 2.76. The second-order valence-corrected chi connectivity index (χ2v) is 4.67. The number of anilines is 1. The van der Waals surface area contributed by atoms with Gasteiger partial charge in [0.1, 0.15) is 11.6 Å². The van der Waals surface area contributed by atoms with E-state index in [1.807, 2.05) is 36.2 Å². The van der Waals surface area contributed by atoms with Gasteiger partial charge >= 0.3 is 0 Å². The maximum absolute atomic E-state index is 9.33. The van der Waals surface area contributed by atoms with E-state index in [1.54, 1.807) is 6.26 Å². The second kappa shape index (κ2) is 6.38. The van der Waals surface area contributed by atoms with Crippen molar-refractivity contribution in [2.45, 2.75) is 32.9 Å². The first-order valence-corrected chi connectivity index (χ1v) is 6.57. The number of aryl methyl sites for hydroxylation is 1. The topological polar surface area (TPSA) is 49.5 Å². The van der Waals surface area contributed by atoms with Crippen LogP contribution in [0.4, 0.5) is 5.82 Å². The molecule has 4 heteroatoms. The lowest BCUT2D eigenvalue weighted by Crippen LogP contribution is -2.18. The number of furan rings is 1. The van der Waals surface area contributed by atoms with Crippen LogP contribution < -0.4 is 4.90 Å². The highest BCUT2D eigenvalue weighted by atomic mass is 16.3. The van der Waals surface area contributed by atoms with Gasteiger partial charge in [0, 0.05) is 12.7 Å². The first kappa shape index (κ1) is 13.6. The van der Waals surface area contributed by atoms with Gasteiger partial charge in [-0.15, -0.1) is 0 Å². The Bertz CT molecular complexity index is 509. The van der Waals surface area contributed by atoms with Gasteiger partial charge in [-0.1, -0.05) is 13.3 Å². The Morgan fingerprint density at radius 2 is 2.21 bits per heavy atom. The molecule has 0 amide bonds. The highest BCUT2D eigenvalue weighted by molar-refractivity contribution is 5.42. The zero-order chi connectivity index (χ0) is 13.7. The molecule has 0 radical (unpaired) electrons. The van der Waals surface area contributed by atoms with Crippen LogP contribution in [-0.2, 0) is 19.6 Å². The SMILES string of the molecule is CCCc1cc(CO)cc(N(C)Cc2ccco2)n1. The number of pyridine rings is 1. The lowest BCUT2D eigenvalue weighted by Gasteiger charge is -2.18. The van der Waals surface area contributed by atoms with Crippen molar-refractivity contribution in [3.05, 3.63) is 47.5 Å². The summed E-state index contributed by atoms with van der Waals surface area (Å²) in [5.41, 5.74) is 1.93. The average molecular weight is 260 g/mol. The minimum atomic E-state index is 0.0425. The Hall–Kier alpha value is -1.81. The fourth-order valence-corrected chi connectivity index (χ4v) is 2.02. The van der Waals surface area contributed by atoms with Crippen LogP contribution in [0.5, 0.6) is 0 Å². The van der Waals surface area contributed by atoms with Gasteiger partial charge in [-0.2, -0.15) is 0 Å². The summed E-state index contributed by atoms with van der Waals surface area (Å²) in [6.45, 7) is 2.83. The van der Waals surface area contributed by atoms with Gasteiger partial charge in [0.05, 0.1) is 19.4 Å². The molecule has 102 valence electrons. The fourth-order valence-electron chi connectivity index (χ4n) is 2.02. The molecule has 0 atom stereocenters. The largest absolute Gasteiger partial charge is 0.467 e. The predicted molar refractivity (Wildman–Crippen MR) is 75.0 cm³/mol. The summed E-state index contributed by atoms with van der Waals surface area (Å²) in [5, 5.41) is 9.33. The highest BCUT2D eigenvalue weighted by Crippen LogP contribution is 2.17. The van der Waals surface area contributed by atoms with Gasteiger partial charge in [-0.3, -0.25) is 0 Å². The molecule has 1 N–H and O–H groups in total. The number of hydrogen-bond acceptors (Lipinski definition) is 4. The van der Waals surface area contributed by atoms with Gasteiger partial charge < -0.3 is 14.4 Å². The number of aliphatic hydroxyl groups excluding tert-OH is 1. The quantitative estimate of drug-likeness (QED) is 0.867. The van der Waals surface area contributed by atoms with E-state index in [1.165, 1.54) is 0 Å². The highest BCUT2D eigenvalue weighted by Gasteiger charge is 2.08. The van der Waals surface area contributed by atoms with E-state index in [2.05, 4.69) is 11.9 Å². The van der Waals surface area contributed by atoms with E-state index < -0.39 is 0 Å². The molecule has 2 rings (SSSR count). The maximum Gasteiger partial charge on any atom is 0.129 e. The average Bonchev–Trinajstić information content (AvgIpc) is 2.91. The van der Waals surface area contributed by atoms with Crippen molar-refractivity contribution in [1.82, 2.24) is 4.98 Å². The Kier molecular flexibility index (Phi) is 4.58. The Morgan fingerprint density at radius 3 is 2.84 bits per heavy atom. The molecule has 0 saturated carbocycles. The van der Waals surface area contributed by atoms with E-state index in [9.17, 15) is 5.11 Å². The monoisotopic (exact) mass is 260 g/mol. The second-order valence-electron chi connectivity index (χ2n) is 4.67. The van der Waals surface area contributed by atoms with Crippen molar-refractivity contribution in [2.24, 2.45) is 0 Å². The number of nitrogens with zero attached hydrogens (tertiary/aromatic N) is 2. The Balaban J connectivity index is 2.19. The van der Waals surface area contributed by atoms with Gasteiger partial charge in [-0.05, 0) is 36.2 Å². The molecule has 19 heavy (non-hydrogen) atoms. The van der Waals surface area contributed by atoms with Gasteiger partial charge in [0.2, 0.25) is 0 Å². The van der Waals surface area contributed by atoms with Gasteiger partial charge in [0.25, 0.3) is 0 Å². The van der Waals surface area contributed by atoms with Crippen molar-refractivity contribution in [3.63, 3.8) is 0 Å². The molecule has 0 saturated heterocycles. The molecule has 0 aliphatic carbocycles. The van der Waals surface area contributed by atoms with Crippen molar-refractivity contribution in [2.75, 3.05) is 11.9 Å². The molecule has 2 aromatic heterocycles. The number of rotatable bonds is 6. The minimum absolute atomic E-state index is 0.0425. The van der Waals surface area contributed by atoms with Crippen LogP contribution in [0, 0.1) is 0 Å². The van der Waals surface area contributed by atoms with Crippen LogP contribution in [0.25, 0.3) is 0 Å². The normalized spacial score (nSPS) is 10.7. The molecular weight excluding hydrogens is 240 g/mol. The maximum atomic E-state index is 9.33. The van der Waals surface area contributed by atoms with Crippen LogP contribution in [0.3, 0.4) is 0 Å². The zero-order valence-corrected chi connectivity index (χ0v) is 11.5. The summed E-state index contributed by atoms with van der Waals surface area (Å²) in [4.78, 5) is 6.65. The first-order chi connectivity index (χ1) is 9.22. The van der Waals surface area contributed by atoms with Crippen LogP contribution in [0.1, 0.15) is 30.4 Å². The fraction of sp³-hybridized carbons (Fsp3) is 0.400. The Morgan fingerprint density at radius 1 is 1.37 bits per heavy atom. The summed E-state index contributed by atoms with van der Waals surface area (Å²) < 4.78 is 5.34. The van der Waals surface area contributed by atoms with E-state index >= 15 is 0 Å². The molecule has 0 aliphatic heterocycles. The van der Waals surface area contributed by atoms with Crippen LogP contribution in [-0.4, -0.2) is 17.1 Å². The molecule has 0 aromatic carbocycles. The molecule has 0 fully saturated rings. The standard InChI is InChI=1S/C15H20N2O2/c1-3-5-13-8-12(11-18)9-15(16-13)17(2)10-14-6-4-7-19-14/h4,6-9,18H,3,5,10-11H2,1-2H3. The third-order valence-corrected chi connectivity index (χ3v) is 2.98. The van der Waals surface area contributed by atoms with Crippen LogP contribution >= 0.6 is 0 Å². The molecule has 4 nitrogen and oxygen atoms in total. The van der Waals surface area contributed by atoms with Crippen molar-refractivity contribution in [3.8, 4) is 0 Å². The van der Waals surface area contributed by atoms with Crippen LogP contribution in [0.2, 0.25) is 0 Å². The Labute approximate surface area is 113 Å². The van der Waals surface area contributed by atoms with Crippen molar-refractivity contribution in [1.29, 1.82) is 0 Å². The first-order valence-electron chi connectivity index (χ1n) is 6.57. The molecule has 2 aromatic rings. The third-order valence-electron chi connectivity index (χ3n) is 2.98.